The average Bonchev–Trinajstić information content (AvgIpc) is 2.82. The number of hydrogen-bond donors (Lipinski definition) is 0. The van der Waals surface area contributed by atoms with Gasteiger partial charge in [0.05, 0.1) is 13.2 Å². The summed E-state index contributed by atoms with van der Waals surface area (Å²) in [7, 11) is 1.70. The van der Waals surface area contributed by atoms with Gasteiger partial charge in [0.1, 0.15) is 0 Å². The minimum Gasteiger partial charge on any atom is -0.382 e. The van der Waals surface area contributed by atoms with E-state index in [1.165, 1.54) is 32.1 Å². The zero-order valence-corrected chi connectivity index (χ0v) is 11.2. The van der Waals surface area contributed by atoms with Crippen molar-refractivity contribution in [3.63, 3.8) is 0 Å². The van der Waals surface area contributed by atoms with Crippen LogP contribution in [-0.2, 0) is 9.47 Å². The normalized spacial score (nSPS) is 19.1. The summed E-state index contributed by atoms with van der Waals surface area (Å²) in [5.74, 6) is 2.43. The molecule has 0 saturated heterocycles. The van der Waals surface area contributed by atoms with Crippen molar-refractivity contribution in [3.8, 4) is 0 Å². The molecular formula is C13H25ClO2. The minimum atomic E-state index is 0.696. The molecule has 1 aliphatic carbocycles. The fourth-order valence-corrected chi connectivity index (χ4v) is 2.97. The Morgan fingerprint density at radius 1 is 1.19 bits per heavy atom. The lowest BCUT2D eigenvalue weighted by atomic mass is 9.89. The zero-order chi connectivity index (χ0) is 11.6. The Bertz CT molecular complexity index is 158. The molecule has 0 N–H and O–H groups in total. The first-order chi connectivity index (χ1) is 7.88. The lowest BCUT2D eigenvalue weighted by Crippen LogP contribution is -2.14. The predicted octanol–water partition coefficient (Wildman–Crippen LogP) is 3.47. The van der Waals surface area contributed by atoms with Gasteiger partial charge in [-0.05, 0) is 24.7 Å². The standard InChI is InChI=1S/C13H25ClO2/c1-15-9-10-16-8-4-7-13(11-14)12-5-2-3-6-12/h12-13H,2-11H2,1H3. The van der Waals surface area contributed by atoms with Crippen LogP contribution in [0.1, 0.15) is 38.5 Å². The van der Waals surface area contributed by atoms with E-state index in [2.05, 4.69) is 0 Å². The second kappa shape index (κ2) is 9.26. The van der Waals surface area contributed by atoms with Crippen molar-refractivity contribution < 1.29 is 9.47 Å². The molecular weight excluding hydrogens is 224 g/mol. The summed E-state index contributed by atoms with van der Waals surface area (Å²) >= 11 is 6.05. The van der Waals surface area contributed by atoms with E-state index in [1.807, 2.05) is 0 Å². The lowest BCUT2D eigenvalue weighted by Gasteiger charge is -2.20. The smallest absolute Gasteiger partial charge is 0.0700 e. The second-order valence-corrected chi connectivity index (χ2v) is 5.01. The van der Waals surface area contributed by atoms with Crippen molar-refractivity contribution in [2.75, 3.05) is 32.8 Å². The third-order valence-electron chi connectivity index (χ3n) is 3.56. The molecule has 1 atom stereocenters. The van der Waals surface area contributed by atoms with Gasteiger partial charge in [-0.25, -0.2) is 0 Å². The molecule has 0 aromatic heterocycles. The maximum Gasteiger partial charge on any atom is 0.0700 e. The molecule has 0 heterocycles. The van der Waals surface area contributed by atoms with Crippen molar-refractivity contribution in [1.29, 1.82) is 0 Å². The van der Waals surface area contributed by atoms with Gasteiger partial charge in [-0.3, -0.25) is 0 Å². The van der Waals surface area contributed by atoms with Crippen molar-refractivity contribution in [2.24, 2.45) is 11.8 Å². The van der Waals surface area contributed by atoms with Gasteiger partial charge >= 0.3 is 0 Å². The number of ether oxygens (including phenoxy) is 2. The highest BCUT2D eigenvalue weighted by atomic mass is 35.5. The number of methoxy groups -OCH3 is 1. The molecule has 1 fully saturated rings. The van der Waals surface area contributed by atoms with Crippen LogP contribution in [0.5, 0.6) is 0 Å². The first-order valence-corrected chi connectivity index (χ1v) is 7.04. The van der Waals surface area contributed by atoms with Crippen LogP contribution in [0, 0.1) is 11.8 Å². The largest absolute Gasteiger partial charge is 0.382 e. The highest BCUT2D eigenvalue weighted by Crippen LogP contribution is 2.34. The average molecular weight is 249 g/mol. The highest BCUT2D eigenvalue weighted by molar-refractivity contribution is 6.18. The van der Waals surface area contributed by atoms with Gasteiger partial charge in [-0.2, -0.15) is 0 Å². The Labute approximate surface area is 105 Å². The van der Waals surface area contributed by atoms with Crippen LogP contribution in [0.15, 0.2) is 0 Å². The summed E-state index contributed by atoms with van der Waals surface area (Å²) in [5.41, 5.74) is 0. The van der Waals surface area contributed by atoms with Gasteiger partial charge in [0.15, 0.2) is 0 Å². The Morgan fingerprint density at radius 3 is 2.56 bits per heavy atom. The van der Waals surface area contributed by atoms with Gasteiger partial charge in [0.25, 0.3) is 0 Å². The summed E-state index contributed by atoms with van der Waals surface area (Å²) in [5, 5.41) is 0. The van der Waals surface area contributed by atoms with E-state index in [0.29, 0.717) is 13.2 Å². The highest BCUT2D eigenvalue weighted by Gasteiger charge is 2.23. The molecule has 1 rings (SSSR count). The number of alkyl halides is 1. The SMILES string of the molecule is COCCOCCCC(CCl)C1CCCC1. The summed E-state index contributed by atoms with van der Waals surface area (Å²) < 4.78 is 10.4. The molecule has 1 aliphatic rings. The van der Waals surface area contributed by atoms with Crippen LogP contribution in [0.3, 0.4) is 0 Å². The van der Waals surface area contributed by atoms with Gasteiger partial charge in [-0.1, -0.05) is 25.7 Å². The number of halogens is 1. The summed E-state index contributed by atoms with van der Waals surface area (Å²) in [4.78, 5) is 0. The first kappa shape index (κ1) is 14.3. The zero-order valence-electron chi connectivity index (χ0n) is 10.4. The Balaban J connectivity index is 2.00. The van der Waals surface area contributed by atoms with Gasteiger partial charge in [-0.15, -0.1) is 11.6 Å². The van der Waals surface area contributed by atoms with E-state index >= 15 is 0 Å². The molecule has 2 nitrogen and oxygen atoms in total. The maximum atomic E-state index is 6.05. The van der Waals surface area contributed by atoms with Crippen molar-refractivity contribution in [2.45, 2.75) is 38.5 Å². The Kier molecular flexibility index (Phi) is 8.26. The van der Waals surface area contributed by atoms with Crippen LogP contribution >= 0.6 is 11.6 Å². The minimum absolute atomic E-state index is 0.696. The number of rotatable bonds is 9. The second-order valence-electron chi connectivity index (χ2n) is 4.71. The fraction of sp³-hybridized carbons (Fsp3) is 1.00. The summed E-state index contributed by atoms with van der Waals surface area (Å²) in [6.07, 6.45) is 7.95. The molecule has 0 bridgehead atoms. The Morgan fingerprint density at radius 2 is 1.94 bits per heavy atom. The van der Waals surface area contributed by atoms with Crippen molar-refractivity contribution in [3.05, 3.63) is 0 Å². The topological polar surface area (TPSA) is 18.5 Å². The van der Waals surface area contributed by atoms with Crippen LogP contribution in [0.25, 0.3) is 0 Å². The molecule has 1 saturated carbocycles. The van der Waals surface area contributed by atoms with Gasteiger partial charge in [0.2, 0.25) is 0 Å². The maximum absolute atomic E-state index is 6.05. The summed E-state index contributed by atoms with van der Waals surface area (Å²) in [6, 6.07) is 0. The van der Waals surface area contributed by atoms with E-state index in [9.17, 15) is 0 Å². The molecule has 0 spiro atoms. The molecule has 0 aromatic rings. The fourth-order valence-electron chi connectivity index (χ4n) is 2.56. The monoisotopic (exact) mass is 248 g/mol. The molecule has 0 amide bonds. The predicted molar refractivity (Wildman–Crippen MR) is 68.1 cm³/mol. The van der Waals surface area contributed by atoms with Crippen molar-refractivity contribution in [1.82, 2.24) is 0 Å². The molecule has 0 radical (unpaired) electrons. The van der Waals surface area contributed by atoms with E-state index in [1.54, 1.807) is 7.11 Å². The van der Waals surface area contributed by atoms with E-state index < -0.39 is 0 Å². The third kappa shape index (κ3) is 5.51. The molecule has 16 heavy (non-hydrogen) atoms. The van der Waals surface area contributed by atoms with Crippen LogP contribution in [0.4, 0.5) is 0 Å². The molecule has 0 aliphatic heterocycles. The quantitative estimate of drug-likeness (QED) is 0.460. The van der Waals surface area contributed by atoms with E-state index in [-0.39, 0.29) is 0 Å². The molecule has 1 unspecified atom stereocenters. The third-order valence-corrected chi connectivity index (χ3v) is 3.96. The first-order valence-electron chi connectivity index (χ1n) is 6.51. The van der Waals surface area contributed by atoms with Gasteiger partial charge < -0.3 is 9.47 Å². The summed E-state index contributed by atoms with van der Waals surface area (Å²) in [6.45, 7) is 2.26. The molecule has 0 aromatic carbocycles. The number of hydrogen-bond acceptors (Lipinski definition) is 2. The van der Waals surface area contributed by atoms with Crippen LogP contribution in [0.2, 0.25) is 0 Å². The van der Waals surface area contributed by atoms with Crippen LogP contribution in [-0.4, -0.2) is 32.8 Å². The van der Waals surface area contributed by atoms with Crippen molar-refractivity contribution >= 4 is 11.6 Å². The van der Waals surface area contributed by atoms with E-state index in [4.69, 9.17) is 21.1 Å². The van der Waals surface area contributed by atoms with Gasteiger partial charge in [0, 0.05) is 19.6 Å². The molecule has 3 heteroatoms. The van der Waals surface area contributed by atoms with E-state index in [0.717, 1.165) is 30.7 Å². The Hall–Kier alpha value is 0.210. The van der Waals surface area contributed by atoms with Crippen LogP contribution < -0.4 is 0 Å². The molecule has 96 valence electrons. The lowest BCUT2D eigenvalue weighted by molar-refractivity contribution is 0.0665.